The number of hydrogen-bond donors (Lipinski definition) is 1. The number of nitrogens with zero attached hydrogens (tertiary/aromatic N) is 6. The van der Waals surface area contributed by atoms with Gasteiger partial charge in [0.15, 0.2) is 5.65 Å². The fraction of sp³-hybridized carbons (Fsp3) is 0.345. The molecule has 1 aliphatic heterocycles. The van der Waals surface area contributed by atoms with E-state index < -0.39 is 5.60 Å². The standard InChI is InChI=1S/C29H30FN7O2S/c1-5-21-27(33-16-25-35-26(23(14-31)40-25)19-6-8-20(30)9-7-19)37-17-22(32-15-24(37)34-21)18-10-12-36(13-11-18)28(38)39-29(2,3)4/h6-10,15,17,33H,5,11-13,16H2,1-4H3. The van der Waals surface area contributed by atoms with Crippen molar-refractivity contribution in [3.8, 4) is 17.3 Å². The topological polar surface area (TPSA) is 108 Å². The quantitative estimate of drug-likeness (QED) is 0.306. The summed E-state index contributed by atoms with van der Waals surface area (Å²) >= 11 is 1.31. The number of nitriles is 1. The number of fused-ring (bicyclic) bond motifs is 1. The molecular formula is C29H30FN7O2S. The molecule has 0 radical (unpaired) electrons. The normalized spacial score (nSPS) is 13.7. The van der Waals surface area contributed by atoms with Gasteiger partial charge in [0.05, 0.1) is 29.8 Å². The molecular weight excluding hydrogens is 529 g/mol. The smallest absolute Gasteiger partial charge is 0.410 e. The number of benzene rings is 1. The zero-order chi connectivity index (χ0) is 28.4. The summed E-state index contributed by atoms with van der Waals surface area (Å²) in [5, 5.41) is 13.8. The van der Waals surface area contributed by atoms with Crippen molar-refractivity contribution < 1.29 is 13.9 Å². The molecule has 9 nitrogen and oxygen atoms in total. The predicted molar refractivity (Wildman–Crippen MR) is 152 cm³/mol. The fourth-order valence-electron chi connectivity index (χ4n) is 4.48. The maximum atomic E-state index is 13.4. The van der Waals surface area contributed by atoms with Crippen molar-refractivity contribution in [1.82, 2.24) is 24.3 Å². The molecule has 0 saturated carbocycles. The Balaban J connectivity index is 1.37. The number of nitrogens with one attached hydrogen (secondary N) is 1. The number of amides is 1. The Morgan fingerprint density at radius 3 is 2.67 bits per heavy atom. The van der Waals surface area contributed by atoms with Gasteiger partial charge in [-0.2, -0.15) is 5.26 Å². The van der Waals surface area contributed by atoms with Gasteiger partial charge in [0, 0.05) is 24.8 Å². The van der Waals surface area contributed by atoms with Crippen LogP contribution in [0.2, 0.25) is 0 Å². The molecule has 1 aromatic carbocycles. The van der Waals surface area contributed by atoms with Crippen LogP contribution in [0.3, 0.4) is 0 Å². The average Bonchev–Trinajstić information content (AvgIpc) is 3.51. The second kappa shape index (κ2) is 11.1. The monoisotopic (exact) mass is 559 g/mol. The van der Waals surface area contributed by atoms with Crippen LogP contribution in [0.1, 0.15) is 55.4 Å². The Morgan fingerprint density at radius 2 is 2.02 bits per heavy atom. The van der Waals surface area contributed by atoms with Crippen LogP contribution >= 0.6 is 11.3 Å². The van der Waals surface area contributed by atoms with Crippen molar-refractivity contribution in [1.29, 1.82) is 5.26 Å². The maximum Gasteiger partial charge on any atom is 0.410 e. The first-order valence-electron chi connectivity index (χ1n) is 13.1. The lowest BCUT2D eigenvalue weighted by atomic mass is 10.1. The van der Waals surface area contributed by atoms with E-state index in [0.717, 1.165) is 39.9 Å². The third kappa shape index (κ3) is 5.82. The van der Waals surface area contributed by atoms with E-state index in [0.29, 0.717) is 42.2 Å². The van der Waals surface area contributed by atoms with Gasteiger partial charge in [-0.05, 0) is 63.5 Å². The first kappa shape index (κ1) is 27.3. The molecule has 0 unspecified atom stereocenters. The molecule has 1 N–H and O–H groups in total. The van der Waals surface area contributed by atoms with Crippen molar-refractivity contribution in [3.05, 3.63) is 69.8 Å². The third-order valence-electron chi connectivity index (χ3n) is 6.40. The highest BCUT2D eigenvalue weighted by molar-refractivity contribution is 7.12. The zero-order valence-corrected chi connectivity index (χ0v) is 23.7. The summed E-state index contributed by atoms with van der Waals surface area (Å²) in [6.45, 7) is 9.03. The summed E-state index contributed by atoms with van der Waals surface area (Å²) in [5.74, 6) is 0.502. The van der Waals surface area contributed by atoms with Gasteiger partial charge in [0.25, 0.3) is 0 Å². The lowest BCUT2D eigenvalue weighted by Gasteiger charge is -2.29. The Bertz CT molecular complexity index is 1630. The molecule has 0 atom stereocenters. The van der Waals surface area contributed by atoms with Crippen LogP contribution in [0.15, 0.2) is 42.7 Å². The van der Waals surface area contributed by atoms with Crippen LogP contribution in [-0.2, 0) is 17.7 Å². The van der Waals surface area contributed by atoms with Crippen molar-refractivity contribution in [2.24, 2.45) is 0 Å². The van der Waals surface area contributed by atoms with Crippen molar-refractivity contribution in [2.45, 2.75) is 52.7 Å². The molecule has 1 aliphatic rings. The number of anilines is 1. The molecule has 3 aromatic heterocycles. The number of ether oxygens (including phenoxy) is 1. The van der Waals surface area contributed by atoms with E-state index in [9.17, 15) is 14.4 Å². The van der Waals surface area contributed by atoms with Gasteiger partial charge in [0.1, 0.15) is 33.2 Å². The van der Waals surface area contributed by atoms with Gasteiger partial charge in [-0.25, -0.2) is 19.2 Å². The first-order valence-corrected chi connectivity index (χ1v) is 13.9. The molecule has 4 heterocycles. The largest absolute Gasteiger partial charge is 0.444 e. The fourth-order valence-corrected chi connectivity index (χ4v) is 5.30. The van der Waals surface area contributed by atoms with Gasteiger partial charge in [-0.3, -0.25) is 9.38 Å². The molecule has 0 bridgehead atoms. The van der Waals surface area contributed by atoms with Crippen LogP contribution in [0.25, 0.3) is 22.5 Å². The zero-order valence-electron chi connectivity index (χ0n) is 22.9. The van der Waals surface area contributed by atoms with Crippen molar-refractivity contribution in [3.63, 3.8) is 0 Å². The lowest BCUT2D eigenvalue weighted by molar-refractivity contribution is 0.0270. The van der Waals surface area contributed by atoms with Gasteiger partial charge in [-0.1, -0.05) is 13.0 Å². The van der Waals surface area contributed by atoms with E-state index in [4.69, 9.17) is 9.72 Å². The third-order valence-corrected chi connectivity index (χ3v) is 7.36. The number of aromatic nitrogens is 4. The van der Waals surface area contributed by atoms with Gasteiger partial charge < -0.3 is 15.0 Å². The minimum absolute atomic E-state index is 0.316. The highest BCUT2D eigenvalue weighted by Crippen LogP contribution is 2.30. The van der Waals surface area contributed by atoms with Crippen LogP contribution in [0, 0.1) is 17.1 Å². The van der Waals surface area contributed by atoms with Gasteiger partial charge in [-0.15, -0.1) is 11.3 Å². The number of halogens is 1. The van der Waals surface area contributed by atoms with Crippen LogP contribution in [0.4, 0.5) is 15.0 Å². The Labute approximate surface area is 236 Å². The number of aryl methyl sites for hydroxylation is 1. The summed E-state index contributed by atoms with van der Waals surface area (Å²) < 4.78 is 20.9. The van der Waals surface area contributed by atoms with Crippen LogP contribution in [-0.4, -0.2) is 49.0 Å². The molecule has 206 valence electrons. The molecule has 5 rings (SSSR count). The van der Waals surface area contributed by atoms with Crippen LogP contribution < -0.4 is 5.32 Å². The minimum Gasteiger partial charge on any atom is -0.444 e. The molecule has 11 heteroatoms. The van der Waals surface area contributed by atoms with E-state index in [-0.39, 0.29) is 11.9 Å². The summed E-state index contributed by atoms with van der Waals surface area (Å²) in [6, 6.07) is 8.19. The number of hydrogen-bond acceptors (Lipinski definition) is 8. The number of imidazole rings is 1. The van der Waals surface area contributed by atoms with Gasteiger partial charge in [0.2, 0.25) is 0 Å². The molecule has 0 saturated heterocycles. The number of rotatable bonds is 6. The van der Waals surface area contributed by atoms with Crippen LogP contribution in [0.5, 0.6) is 0 Å². The average molecular weight is 560 g/mol. The SMILES string of the molecule is CCc1nc2cnc(C3=CCN(C(=O)OC(C)(C)C)CC3)cn2c1NCc1nc(-c2ccc(F)cc2)c(C#N)s1. The Kier molecular flexibility index (Phi) is 7.54. The van der Waals surface area contributed by atoms with E-state index in [1.54, 1.807) is 23.2 Å². The first-order chi connectivity index (χ1) is 19.1. The summed E-state index contributed by atoms with van der Waals surface area (Å²) in [5.41, 5.74) is 4.20. The Morgan fingerprint density at radius 1 is 1.25 bits per heavy atom. The number of thiazole rings is 1. The molecule has 0 spiro atoms. The second-order valence-corrected chi connectivity index (χ2v) is 11.5. The molecule has 0 fully saturated rings. The van der Waals surface area contributed by atoms with E-state index in [2.05, 4.69) is 21.4 Å². The highest BCUT2D eigenvalue weighted by atomic mass is 32.1. The van der Waals surface area contributed by atoms with Crippen molar-refractivity contribution in [2.75, 3.05) is 18.4 Å². The van der Waals surface area contributed by atoms with E-state index in [1.807, 2.05) is 44.4 Å². The van der Waals surface area contributed by atoms with E-state index >= 15 is 0 Å². The predicted octanol–water partition coefficient (Wildman–Crippen LogP) is 6.06. The van der Waals surface area contributed by atoms with Crippen molar-refractivity contribution >= 4 is 34.5 Å². The minimum atomic E-state index is -0.535. The lowest BCUT2D eigenvalue weighted by Crippen LogP contribution is -2.39. The molecule has 0 aliphatic carbocycles. The highest BCUT2D eigenvalue weighted by Gasteiger charge is 2.24. The summed E-state index contributed by atoms with van der Waals surface area (Å²) in [7, 11) is 0. The molecule has 40 heavy (non-hydrogen) atoms. The van der Waals surface area contributed by atoms with Gasteiger partial charge >= 0.3 is 6.09 Å². The second-order valence-electron chi connectivity index (χ2n) is 10.4. The maximum absolute atomic E-state index is 13.4. The number of carbonyl (C=O) groups is 1. The number of carbonyl (C=O) groups excluding carboxylic acids is 1. The summed E-state index contributed by atoms with van der Waals surface area (Å²) in [6.07, 6.45) is 6.80. The van der Waals surface area contributed by atoms with E-state index in [1.165, 1.54) is 23.5 Å². The molecule has 1 amide bonds. The summed E-state index contributed by atoms with van der Waals surface area (Å²) in [4.78, 5) is 28.7. The Hall–Kier alpha value is -4.30. The molecule has 4 aromatic rings.